The van der Waals surface area contributed by atoms with Crippen LogP contribution in [0.3, 0.4) is 0 Å². The maximum absolute atomic E-state index is 6.05. The van der Waals surface area contributed by atoms with Gasteiger partial charge >= 0.3 is 0 Å². The topological polar surface area (TPSA) is 0 Å². The Bertz CT molecular complexity index is 347. The molecule has 68 valence electrons. The Kier molecular flexibility index (Phi) is 4.21. The maximum Gasteiger partial charge on any atom is 0.0591 e. The summed E-state index contributed by atoms with van der Waals surface area (Å²) in [6, 6.07) is 5.87. The van der Waals surface area contributed by atoms with Gasteiger partial charge < -0.3 is 0 Å². The number of hydrogen-bond donors (Lipinski definition) is 1. The van der Waals surface area contributed by atoms with Crippen LogP contribution in [-0.2, 0) is 0 Å². The largest absolute Gasteiger partial charge is 0.178 e. The zero-order valence-corrected chi connectivity index (χ0v) is 9.12. The summed E-state index contributed by atoms with van der Waals surface area (Å²) in [6.07, 6.45) is 0.799. The van der Waals surface area contributed by atoms with Crippen LogP contribution < -0.4 is 0 Å². The molecule has 1 rings (SSSR count). The minimum Gasteiger partial charge on any atom is -0.178 e. The van der Waals surface area contributed by atoms with Crippen molar-refractivity contribution in [2.75, 3.05) is 5.75 Å². The molecule has 0 bridgehead atoms. The van der Waals surface area contributed by atoms with Gasteiger partial charge in [0.2, 0.25) is 0 Å². The fourth-order valence-electron chi connectivity index (χ4n) is 0.958. The van der Waals surface area contributed by atoms with Crippen molar-refractivity contribution in [3.05, 3.63) is 34.3 Å². The standard InChI is InChI=1S/C11H11ClS/c1-9-5-4-7-10(11(9)12)6-2-3-8-13/h4-5,7,13H,3,8H2,1H3. The monoisotopic (exact) mass is 210 g/mol. The quantitative estimate of drug-likeness (QED) is 0.534. The van der Waals surface area contributed by atoms with Crippen molar-refractivity contribution in [2.45, 2.75) is 13.3 Å². The molecule has 0 atom stereocenters. The van der Waals surface area contributed by atoms with Gasteiger partial charge in [0.15, 0.2) is 0 Å². The van der Waals surface area contributed by atoms with Gasteiger partial charge in [-0.25, -0.2) is 0 Å². The third-order valence-corrected chi connectivity index (χ3v) is 2.38. The van der Waals surface area contributed by atoms with Crippen LogP contribution in [0.2, 0.25) is 5.02 Å². The van der Waals surface area contributed by atoms with Gasteiger partial charge in [-0.05, 0) is 18.6 Å². The normalized spacial score (nSPS) is 9.15. The van der Waals surface area contributed by atoms with E-state index in [0.717, 1.165) is 28.3 Å². The van der Waals surface area contributed by atoms with Crippen molar-refractivity contribution in [3.63, 3.8) is 0 Å². The van der Waals surface area contributed by atoms with E-state index in [-0.39, 0.29) is 0 Å². The van der Waals surface area contributed by atoms with E-state index in [1.54, 1.807) is 0 Å². The Morgan fingerprint density at radius 2 is 2.23 bits per heavy atom. The minimum absolute atomic E-state index is 0.758. The van der Waals surface area contributed by atoms with E-state index >= 15 is 0 Å². The van der Waals surface area contributed by atoms with Crippen LogP contribution in [0.15, 0.2) is 18.2 Å². The molecule has 0 unspecified atom stereocenters. The molecule has 1 aromatic carbocycles. The van der Waals surface area contributed by atoms with Crippen molar-refractivity contribution in [1.29, 1.82) is 0 Å². The van der Waals surface area contributed by atoms with Gasteiger partial charge in [0.05, 0.1) is 5.02 Å². The smallest absolute Gasteiger partial charge is 0.0591 e. The summed E-state index contributed by atoms with van der Waals surface area (Å²) in [6.45, 7) is 1.98. The Hall–Kier alpha value is -0.580. The van der Waals surface area contributed by atoms with Gasteiger partial charge in [0.1, 0.15) is 0 Å². The van der Waals surface area contributed by atoms with Crippen LogP contribution in [0.1, 0.15) is 17.5 Å². The third-order valence-electron chi connectivity index (χ3n) is 1.65. The summed E-state index contributed by atoms with van der Waals surface area (Å²) >= 11 is 10.1. The lowest BCUT2D eigenvalue weighted by molar-refractivity contribution is 1.31. The van der Waals surface area contributed by atoms with E-state index in [1.165, 1.54) is 0 Å². The maximum atomic E-state index is 6.05. The first kappa shape index (κ1) is 10.5. The van der Waals surface area contributed by atoms with E-state index in [9.17, 15) is 0 Å². The fourth-order valence-corrected chi connectivity index (χ4v) is 1.24. The molecular formula is C11H11ClS. The average molecular weight is 211 g/mol. The molecule has 0 amide bonds. The first-order valence-corrected chi connectivity index (χ1v) is 5.11. The van der Waals surface area contributed by atoms with Crippen LogP contribution in [0, 0.1) is 18.8 Å². The summed E-state index contributed by atoms with van der Waals surface area (Å²) in [7, 11) is 0. The zero-order valence-electron chi connectivity index (χ0n) is 7.47. The number of rotatable bonds is 1. The lowest BCUT2D eigenvalue weighted by Gasteiger charge is -1.98. The molecule has 2 heteroatoms. The minimum atomic E-state index is 0.758. The van der Waals surface area contributed by atoms with Gasteiger partial charge in [0, 0.05) is 17.7 Å². The molecule has 0 aliphatic carbocycles. The highest BCUT2D eigenvalue weighted by Gasteiger charge is 1.97. The molecule has 1 aromatic rings. The van der Waals surface area contributed by atoms with Crippen molar-refractivity contribution in [3.8, 4) is 11.8 Å². The summed E-state index contributed by atoms with van der Waals surface area (Å²) < 4.78 is 0. The number of hydrogen-bond acceptors (Lipinski definition) is 1. The van der Waals surface area contributed by atoms with Crippen molar-refractivity contribution >= 4 is 24.2 Å². The highest BCUT2D eigenvalue weighted by molar-refractivity contribution is 7.80. The van der Waals surface area contributed by atoms with Gasteiger partial charge in [-0.3, -0.25) is 0 Å². The molecule has 0 radical (unpaired) electrons. The van der Waals surface area contributed by atoms with Gasteiger partial charge in [-0.1, -0.05) is 35.6 Å². The number of thiol groups is 1. The predicted octanol–water partition coefficient (Wildman–Crippen LogP) is 3.32. The Morgan fingerprint density at radius 3 is 2.92 bits per heavy atom. The first-order chi connectivity index (χ1) is 6.25. The number of aryl methyl sites for hydroxylation is 1. The highest BCUT2D eigenvalue weighted by Crippen LogP contribution is 2.18. The molecule has 13 heavy (non-hydrogen) atoms. The lowest BCUT2D eigenvalue weighted by atomic mass is 10.1. The average Bonchev–Trinajstić information content (AvgIpc) is 2.13. The summed E-state index contributed by atoms with van der Waals surface area (Å²) in [4.78, 5) is 0. The molecule has 0 saturated carbocycles. The SMILES string of the molecule is Cc1cccc(C#CCCS)c1Cl. The van der Waals surface area contributed by atoms with Gasteiger partial charge in [-0.15, -0.1) is 0 Å². The fraction of sp³-hybridized carbons (Fsp3) is 0.273. The van der Waals surface area contributed by atoms with E-state index in [4.69, 9.17) is 11.6 Å². The van der Waals surface area contributed by atoms with Crippen LogP contribution in [0.5, 0.6) is 0 Å². The Balaban J connectivity index is 2.91. The van der Waals surface area contributed by atoms with Crippen LogP contribution in [0.25, 0.3) is 0 Å². The molecule has 0 saturated heterocycles. The molecule has 0 aromatic heterocycles. The van der Waals surface area contributed by atoms with Crippen molar-refractivity contribution < 1.29 is 0 Å². The highest BCUT2D eigenvalue weighted by atomic mass is 35.5. The molecule has 0 nitrogen and oxygen atoms in total. The van der Waals surface area contributed by atoms with Crippen molar-refractivity contribution in [2.24, 2.45) is 0 Å². The second-order valence-corrected chi connectivity index (χ2v) is 3.54. The van der Waals surface area contributed by atoms with E-state index in [1.807, 2.05) is 25.1 Å². The second-order valence-electron chi connectivity index (χ2n) is 2.71. The van der Waals surface area contributed by atoms with E-state index < -0.39 is 0 Å². The zero-order chi connectivity index (χ0) is 9.68. The summed E-state index contributed by atoms with van der Waals surface area (Å²) in [5.74, 6) is 6.82. The molecular weight excluding hydrogens is 200 g/mol. The van der Waals surface area contributed by atoms with Gasteiger partial charge in [0.25, 0.3) is 0 Å². The number of benzene rings is 1. The molecule has 0 aliphatic rings. The van der Waals surface area contributed by atoms with E-state index in [2.05, 4.69) is 24.5 Å². The third kappa shape index (κ3) is 2.99. The molecule has 0 spiro atoms. The van der Waals surface area contributed by atoms with Gasteiger partial charge in [-0.2, -0.15) is 12.6 Å². The first-order valence-electron chi connectivity index (χ1n) is 4.10. The summed E-state index contributed by atoms with van der Waals surface area (Å²) in [5.41, 5.74) is 1.97. The van der Waals surface area contributed by atoms with Crippen LogP contribution >= 0.6 is 24.2 Å². The molecule has 0 heterocycles. The van der Waals surface area contributed by atoms with E-state index in [0.29, 0.717) is 0 Å². The summed E-state index contributed by atoms with van der Waals surface area (Å²) in [5, 5.41) is 0.758. The van der Waals surface area contributed by atoms with Crippen molar-refractivity contribution in [1.82, 2.24) is 0 Å². The Labute approximate surface area is 89.7 Å². The second kappa shape index (κ2) is 5.21. The van der Waals surface area contributed by atoms with Crippen LogP contribution in [-0.4, -0.2) is 5.75 Å². The molecule has 0 aliphatic heterocycles. The Morgan fingerprint density at radius 1 is 1.46 bits per heavy atom. The predicted molar refractivity (Wildman–Crippen MR) is 61.5 cm³/mol. The molecule has 0 fully saturated rings. The number of halogens is 1. The van der Waals surface area contributed by atoms with Crippen LogP contribution in [0.4, 0.5) is 0 Å². The molecule has 0 N–H and O–H groups in total. The lowest BCUT2D eigenvalue weighted by Crippen LogP contribution is -1.81.